The molecule has 0 bridgehead atoms. The molecule has 0 aliphatic carbocycles. The number of rotatable bonds is 4. The maximum atomic E-state index is 11.4. The van der Waals surface area contributed by atoms with Gasteiger partial charge in [-0.1, -0.05) is 0 Å². The van der Waals surface area contributed by atoms with Gasteiger partial charge in [0.15, 0.2) is 0 Å². The normalized spacial score (nSPS) is 12.0. The molecule has 0 saturated carbocycles. The maximum Gasteiger partial charge on any atom is 0.296 e. The monoisotopic (exact) mass is 549 g/mol. The molecular weight excluding hydrogens is 530 g/mol. The minimum Gasteiger partial charge on any atom is -0.507 e. The zero-order valence-electron chi connectivity index (χ0n) is 17.6. The van der Waals surface area contributed by atoms with Gasteiger partial charge in [-0.3, -0.25) is 18.5 Å². The summed E-state index contributed by atoms with van der Waals surface area (Å²) in [5, 5.41) is 11.7. The standard InChI is InChI=1S/C12H11NO8S2.C6H8N2O3S/c1-6(14)13-9-2-3-11(23(19,20)21)8-4-7(22(16,17)18)5-10(15)12(8)9;7-4-1-2-6(5(8)3-4)12(9,10)11/h2-5,15H,1H3,(H,13,14)(H,16,17,18)(H,19,20,21);1-3H,7-8H2,(H,9,10,11). The van der Waals surface area contributed by atoms with Crippen molar-refractivity contribution in [2.24, 2.45) is 0 Å². The van der Waals surface area contributed by atoms with Gasteiger partial charge < -0.3 is 21.9 Å². The summed E-state index contributed by atoms with van der Waals surface area (Å²) in [6.07, 6.45) is 0. The number of carbonyl (C=O) groups excluding carboxylic acids is 1. The number of phenols is 1. The smallest absolute Gasteiger partial charge is 0.296 e. The van der Waals surface area contributed by atoms with Crippen LogP contribution < -0.4 is 16.8 Å². The average molecular weight is 550 g/mol. The van der Waals surface area contributed by atoms with Gasteiger partial charge in [-0.15, -0.1) is 0 Å². The van der Waals surface area contributed by atoms with Crippen molar-refractivity contribution in [3.63, 3.8) is 0 Å². The highest BCUT2D eigenvalue weighted by Crippen LogP contribution is 2.38. The lowest BCUT2D eigenvalue weighted by molar-refractivity contribution is -0.114. The molecule has 1 amide bonds. The molecule has 3 aromatic rings. The number of aromatic hydroxyl groups is 1. The van der Waals surface area contributed by atoms with Crippen LogP contribution in [0.15, 0.2) is 57.2 Å². The zero-order valence-corrected chi connectivity index (χ0v) is 20.0. The van der Waals surface area contributed by atoms with Gasteiger partial charge in [-0.2, -0.15) is 25.3 Å². The molecule has 0 aliphatic heterocycles. The van der Waals surface area contributed by atoms with Gasteiger partial charge in [0, 0.05) is 29.4 Å². The third-order valence-electron chi connectivity index (χ3n) is 4.23. The number of benzene rings is 3. The van der Waals surface area contributed by atoms with Crippen molar-refractivity contribution in [3.8, 4) is 5.75 Å². The Hall–Kier alpha value is -3.48. The summed E-state index contributed by atoms with van der Waals surface area (Å²) in [6, 6.07) is 7.27. The molecule has 0 unspecified atom stereocenters. The summed E-state index contributed by atoms with van der Waals surface area (Å²) >= 11 is 0. The first-order valence-corrected chi connectivity index (χ1v) is 13.3. The summed E-state index contributed by atoms with van der Waals surface area (Å²) in [5.41, 5.74) is 10.9. The van der Waals surface area contributed by atoms with Gasteiger partial charge in [0.1, 0.15) is 15.5 Å². The van der Waals surface area contributed by atoms with Crippen molar-refractivity contribution in [2.45, 2.75) is 21.6 Å². The molecule has 0 heterocycles. The molecule has 9 N–H and O–H groups in total. The van der Waals surface area contributed by atoms with Gasteiger partial charge in [0.05, 0.1) is 16.3 Å². The van der Waals surface area contributed by atoms with Crippen LogP contribution in [0.5, 0.6) is 5.75 Å². The van der Waals surface area contributed by atoms with Gasteiger partial charge >= 0.3 is 0 Å². The number of hydrogen-bond donors (Lipinski definition) is 7. The summed E-state index contributed by atoms with van der Waals surface area (Å²) < 4.78 is 93.4. The largest absolute Gasteiger partial charge is 0.507 e. The summed E-state index contributed by atoms with van der Waals surface area (Å²) in [6.45, 7) is 1.17. The Bertz CT molecular complexity index is 1650. The van der Waals surface area contributed by atoms with Gasteiger partial charge in [-0.25, -0.2) is 0 Å². The van der Waals surface area contributed by atoms with Crippen LogP contribution in [0, 0.1) is 0 Å². The fourth-order valence-corrected chi connectivity index (χ4v) is 4.68. The molecule has 0 radical (unpaired) electrons. The van der Waals surface area contributed by atoms with Crippen LogP contribution in [0.25, 0.3) is 10.8 Å². The average Bonchev–Trinajstić information content (AvgIpc) is 2.65. The van der Waals surface area contributed by atoms with Gasteiger partial charge in [0.25, 0.3) is 30.4 Å². The fourth-order valence-electron chi connectivity index (χ4n) is 2.88. The predicted octanol–water partition coefficient (Wildman–Crippen LogP) is 1.09. The van der Waals surface area contributed by atoms with E-state index in [4.69, 9.17) is 20.6 Å². The van der Waals surface area contributed by atoms with Crippen LogP contribution >= 0.6 is 0 Å². The third kappa shape index (κ3) is 6.78. The van der Waals surface area contributed by atoms with Crippen LogP contribution in [0.1, 0.15) is 6.92 Å². The molecule has 0 aliphatic rings. The highest BCUT2D eigenvalue weighted by Gasteiger charge is 2.22. The first-order valence-electron chi connectivity index (χ1n) is 8.97. The first kappa shape index (κ1) is 27.8. The molecule has 0 atom stereocenters. The first-order chi connectivity index (χ1) is 15.8. The number of phenolic OH excluding ortho intramolecular Hbond substituents is 1. The molecule has 35 heavy (non-hydrogen) atoms. The number of amides is 1. The van der Waals surface area contributed by atoms with E-state index >= 15 is 0 Å². The number of fused-ring (bicyclic) bond motifs is 1. The van der Waals surface area contributed by atoms with Crippen molar-refractivity contribution in [1.82, 2.24) is 0 Å². The number of carbonyl (C=O) groups is 1. The second kappa shape index (κ2) is 9.64. The molecule has 190 valence electrons. The van der Waals surface area contributed by atoms with Crippen molar-refractivity contribution < 1.29 is 48.8 Å². The summed E-state index contributed by atoms with van der Waals surface area (Å²) in [7, 11) is -13.7. The topological polar surface area (TPSA) is 264 Å². The second-order valence-corrected chi connectivity index (χ2v) is 11.1. The van der Waals surface area contributed by atoms with Crippen LogP contribution in [0.3, 0.4) is 0 Å². The predicted molar refractivity (Wildman–Crippen MR) is 125 cm³/mol. The van der Waals surface area contributed by atoms with E-state index in [0.717, 1.165) is 24.3 Å². The molecule has 0 fully saturated rings. The molecule has 3 aromatic carbocycles. The number of nitrogens with two attached hydrogens (primary N) is 2. The van der Waals surface area contributed by atoms with Crippen molar-refractivity contribution in [3.05, 3.63) is 42.5 Å². The van der Waals surface area contributed by atoms with Gasteiger partial charge in [0.2, 0.25) is 5.91 Å². The second-order valence-electron chi connectivity index (χ2n) is 6.88. The Morgan fingerprint density at radius 1 is 0.800 bits per heavy atom. The third-order valence-corrected chi connectivity index (χ3v) is 6.90. The SMILES string of the molecule is CC(=O)Nc1ccc(S(=O)(=O)O)c2cc(S(=O)(=O)O)cc(O)c12.Nc1ccc(S(=O)(=O)O)c(N)c1. The Morgan fingerprint density at radius 2 is 1.34 bits per heavy atom. The summed E-state index contributed by atoms with van der Waals surface area (Å²) in [5.74, 6) is -1.23. The minimum atomic E-state index is -4.75. The minimum absolute atomic E-state index is 0.000659. The van der Waals surface area contributed by atoms with Crippen LogP contribution in [-0.4, -0.2) is 49.9 Å². The van der Waals surface area contributed by atoms with E-state index < -0.39 is 51.8 Å². The van der Waals surface area contributed by atoms with Crippen LogP contribution in [0.4, 0.5) is 17.1 Å². The van der Waals surface area contributed by atoms with Gasteiger partial charge in [-0.05, 0) is 36.4 Å². The number of anilines is 3. The van der Waals surface area contributed by atoms with Crippen molar-refractivity contribution >= 4 is 64.1 Å². The van der Waals surface area contributed by atoms with E-state index in [1.54, 1.807) is 0 Å². The lowest BCUT2D eigenvalue weighted by Crippen LogP contribution is -2.08. The number of hydrogen-bond acceptors (Lipinski definition) is 10. The quantitative estimate of drug-likeness (QED) is 0.178. The molecule has 14 nitrogen and oxygen atoms in total. The molecule has 3 rings (SSSR count). The summed E-state index contributed by atoms with van der Waals surface area (Å²) in [4.78, 5) is 9.39. The van der Waals surface area contributed by atoms with Crippen LogP contribution in [-0.2, 0) is 35.1 Å². The lowest BCUT2D eigenvalue weighted by Gasteiger charge is -2.12. The lowest BCUT2D eigenvalue weighted by atomic mass is 10.1. The molecular formula is C18H19N3O11S3. The highest BCUT2D eigenvalue weighted by atomic mass is 32.2. The molecule has 17 heteroatoms. The van der Waals surface area contributed by atoms with Crippen molar-refractivity contribution in [2.75, 3.05) is 16.8 Å². The zero-order chi connectivity index (χ0) is 26.9. The Morgan fingerprint density at radius 3 is 1.80 bits per heavy atom. The van der Waals surface area contributed by atoms with E-state index in [1.165, 1.54) is 19.1 Å². The Labute approximate surface area is 199 Å². The van der Waals surface area contributed by atoms with E-state index in [1.807, 2.05) is 0 Å². The van der Waals surface area contributed by atoms with E-state index in [9.17, 15) is 39.7 Å². The number of nitrogens with one attached hydrogen (secondary N) is 1. The van der Waals surface area contributed by atoms with E-state index in [2.05, 4.69) is 5.32 Å². The highest BCUT2D eigenvalue weighted by molar-refractivity contribution is 7.86. The maximum absolute atomic E-state index is 11.4. The Balaban J connectivity index is 0.000000303. The fraction of sp³-hybridized carbons (Fsp3) is 0.0556. The van der Waals surface area contributed by atoms with Crippen LogP contribution in [0.2, 0.25) is 0 Å². The molecule has 0 saturated heterocycles. The molecule has 0 aromatic heterocycles. The van der Waals surface area contributed by atoms with E-state index in [0.29, 0.717) is 11.8 Å². The van der Waals surface area contributed by atoms with E-state index in [-0.39, 0.29) is 27.0 Å². The Kier molecular flexibility index (Phi) is 7.65. The molecule has 0 spiro atoms. The number of nitrogen functional groups attached to an aromatic ring is 2. The van der Waals surface area contributed by atoms with Crippen molar-refractivity contribution in [1.29, 1.82) is 0 Å².